The quantitative estimate of drug-likeness (QED) is 0.922. The highest BCUT2D eigenvalue weighted by atomic mass is 16.5. The second-order valence-corrected chi connectivity index (χ2v) is 6.11. The number of hydrogen-bond donors (Lipinski definition) is 1. The average Bonchev–Trinajstić information content (AvgIpc) is 2.55. The van der Waals surface area contributed by atoms with Crippen molar-refractivity contribution < 1.29 is 14.3 Å². The maximum Gasteiger partial charge on any atom is 0.267 e. The van der Waals surface area contributed by atoms with Crippen molar-refractivity contribution in [2.75, 3.05) is 17.3 Å². The Morgan fingerprint density at radius 1 is 1.17 bits per heavy atom. The predicted octanol–water partition coefficient (Wildman–Crippen LogP) is 3.30. The Morgan fingerprint density at radius 3 is 2.67 bits per heavy atom. The van der Waals surface area contributed by atoms with E-state index in [9.17, 15) is 9.59 Å². The highest BCUT2D eigenvalue weighted by molar-refractivity contribution is 6.06. The smallest absolute Gasteiger partial charge is 0.267 e. The van der Waals surface area contributed by atoms with Crippen molar-refractivity contribution in [1.82, 2.24) is 0 Å². The first-order valence-corrected chi connectivity index (χ1v) is 7.83. The molecule has 2 aromatic carbocycles. The van der Waals surface area contributed by atoms with Crippen LogP contribution in [0.15, 0.2) is 36.4 Å². The summed E-state index contributed by atoms with van der Waals surface area (Å²) in [5, 5.41) is 2.93. The number of aryl methyl sites for hydroxylation is 2. The molecule has 1 atom stereocenters. The van der Waals surface area contributed by atoms with Gasteiger partial charge >= 0.3 is 0 Å². The van der Waals surface area contributed by atoms with Crippen LogP contribution in [-0.2, 0) is 4.79 Å². The number of carbonyl (C=O) groups is 2. The highest BCUT2D eigenvalue weighted by Crippen LogP contribution is 2.34. The first-order valence-electron chi connectivity index (χ1n) is 7.83. The zero-order valence-corrected chi connectivity index (χ0v) is 14.2. The van der Waals surface area contributed by atoms with Crippen LogP contribution in [0.2, 0.25) is 0 Å². The Kier molecular flexibility index (Phi) is 4.01. The van der Waals surface area contributed by atoms with Crippen molar-refractivity contribution in [2.45, 2.75) is 26.9 Å². The summed E-state index contributed by atoms with van der Waals surface area (Å²) in [5.41, 5.74) is 4.03. The zero-order valence-electron chi connectivity index (χ0n) is 14.2. The Hall–Kier alpha value is -2.82. The molecule has 1 heterocycles. The number of anilines is 2. The number of nitrogens with zero attached hydrogens (tertiary/aromatic N) is 1. The van der Waals surface area contributed by atoms with E-state index in [0.29, 0.717) is 17.0 Å². The van der Waals surface area contributed by atoms with Crippen LogP contribution in [-0.4, -0.2) is 25.0 Å². The van der Waals surface area contributed by atoms with Gasteiger partial charge in [-0.25, -0.2) is 0 Å². The summed E-state index contributed by atoms with van der Waals surface area (Å²) in [6, 6.07) is 11.0. The van der Waals surface area contributed by atoms with E-state index >= 15 is 0 Å². The van der Waals surface area contributed by atoms with E-state index in [-0.39, 0.29) is 11.8 Å². The molecule has 1 N–H and O–H groups in total. The van der Waals surface area contributed by atoms with Crippen LogP contribution in [0.3, 0.4) is 0 Å². The summed E-state index contributed by atoms with van der Waals surface area (Å²) in [7, 11) is 1.70. The van der Waals surface area contributed by atoms with Gasteiger partial charge in [-0.05, 0) is 56.2 Å². The van der Waals surface area contributed by atoms with Gasteiger partial charge < -0.3 is 15.0 Å². The first kappa shape index (κ1) is 16.1. The molecule has 3 rings (SSSR count). The second-order valence-electron chi connectivity index (χ2n) is 6.11. The third-order valence-corrected chi connectivity index (χ3v) is 4.21. The summed E-state index contributed by atoms with van der Waals surface area (Å²) in [4.78, 5) is 26.0. The van der Waals surface area contributed by atoms with Crippen molar-refractivity contribution in [1.29, 1.82) is 0 Å². The van der Waals surface area contributed by atoms with Gasteiger partial charge in [-0.1, -0.05) is 12.1 Å². The van der Waals surface area contributed by atoms with E-state index in [1.807, 2.05) is 32.0 Å². The molecule has 2 amide bonds. The molecule has 1 aliphatic heterocycles. The van der Waals surface area contributed by atoms with Crippen LogP contribution < -0.4 is 15.0 Å². The molecule has 1 aliphatic rings. The predicted molar refractivity (Wildman–Crippen MR) is 93.8 cm³/mol. The Balaban J connectivity index is 1.88. The Labute approximate surface area is 141 Å². The lowest BCUT2D eigenvalue weighted by molar-refractivity contribution is -0.125. The van der Waals surface area contributed by atoms with Crippen LogP contribution in [0.1, 0.15) is 28.4 Å². The van der Waals surface area contributed by atoms with E-state index in [2.05, 4.69) is 5.32 Å². The molecule has 0 bridgehead atoms. The Bertz CT molecular complexity index is 829. The van der Waals surface area contributed by atoms with Crippen LogP contribution in [0.25, 0.3) is 0 Å². The second kappa shape index (κ2) is 6.00. The standard InChI is InChI=1S/C19H20N2O3/c1-11-5-6-12(2)15(9-11)20-18(22)14-7-8-16-17(10-14)24-13(3)19(23)21(16)4/h5-10,13H,1-4H3,(H,20,22). The lowest BCUT2D eigenvalue weighted by Gasteiger charge is -2.30. The fourth-order valence-electron chi connectivity index (χ4n) is 2.72. The van der Waals surface area contributed by atoms with E-state index < -0.39 is 6.10 Å². The summed E-state index contributed by atoms with van der Waals surface area (Å²) in [6.45, 7) is 5.63. The molecule has 124 valence electrons. The van der Waals surface area contributed by atoms with Crippen molar-refractivity contribution in [3.63, 3.8) is 0 Å². The molecule has 5 heteroatoms. The zero-order chi connectivity index (χ0) is 17.4. The summed E-state index contributed by atoms with van der Waals surface area (Å²) < 4.78 is 5.63. The molecule has 0 saturated heterocycles. The summed E-state index contributed by atoms with van der Waals surface area (Å²) >= 11 is 0. The average molecular weight is 324 g/mol. The van der Waals surface area contributed by atoms with E-state index in [4.69, 9.17) is 4.74 Å². The van der Waals surface area contributed by atoms with Crippen molar-refractivity contribution in [3.8, 4) is 5.75 Å². The molecule has 0 aromatic heterocycles. The number of hydrogen-bond acceptors (Lipinski definition) is 3. The van der Waals surface area contributed by atoms with Gasteiger partial charge in [-0.2, -0.15) is 0 Å². The minimum atomic E-state index is -0.556. The number of carbonyl (C=O) groups excluding carboxylic acids is 2. The van der Waals surface area contributed by atoms with Gasteiger partial charge in [0.05, 0.1) is 5.69 Å². The molecule has 0 radical (unpaired) electrons. The number of rotatable bonds is 2. The first-order chi connectivity index (χ1) is 11.4. The van der Waals surface area contributed by atoms with Gasteiger partial charge in [-0.3, -0.25) is 9.59 Å². The van der Waals surface area contributed by atoms with Crippen LogP contribution in [0.4, 0.5) is 11.4 Å². The molecular weight excluding hydrogens is 304 g/mol. The van der Waals surface area contributed by atoms with Crippen LogP contribution in [0, 0.1) is 13.8 Å². The fraction of sp³-hybridized carbons (Fsp3) is 0.263. The summed E-state index contributed by atoms with van der Waals surface area (Å²) in [6.07, 6.45) is -0.556. The molecular formula is C19H20N2O3. The molecule has 0 spiro atoms. The molecule has 0 saturated carbocycles. The number of nitrogens with one attached hydrogen (secondary N) is 1. The number of benzene rings is 2. The van der Waals surface area contributed by atoms with Crippen molar-refractivity contribution >= 4 is 23.2 Å². The van der Waals surface area contributed by atoms with Crippen molar-refractivity contribution in [2.24, 2.45) is 0 Å². The molecule has 5 nitrogen and oxygen atoms in total. The Morgan fingerprint density at radius 2 is 1.92 bits per heavy atom. The minimum Gasteiger partial charge on any atom is -0.479 e. The van der Waals surface area contributed by atoms with E-state index in [1.54, 1.807) is 37.1 Å². The third-order valence-electron chi connectivity index (χ3n) is 4.21. The van der Waals surface area contributed by atoms with E-state index in [0.717, 1.165) is 16.8 Å². The largest absolute Gasteiger partial charge is 0.479 e. The molecule has 0 fully saturated rings. The monoisotopic (exact) mass is 324 g/mol. The van der Waals surface area contributed by atoms with Gasteiger partial charge in [0.15, 0.2) is 6.10 Å². The van der Waals surface area contributed by atoms with Gasteiger partial charge in [0.1, 0.15) is 5.75 Å². The maximum absolute atomic E-state index is 12.5. The van der Waals surface area contributed by atoms with Gasteiger partial charge in [0.25, 0.3) is 11.8 Å². The topological polar surface area (TPSA) is 58.6 Å². The lowest BCUT2D eigenvalue weighted by Crippen LogP contribution is -2.42. The SMILES string of the molecule is Cc1ccc(C)c(NC(=O)c2ccc3c(c2)OC(C)C(=O)N3C)c1. The molecule has 2 aromatic rings. The third kappa shape index (κ3) is 2.85. The van der Waals surface area contributed by atoms with Crippen LogP contribution >= 0.6 is 0 Å². The maximum atomic E-state index is 12.5. The highest BCUT2D eigenvalue weighted by Gasteiger charge is 2.29. The minimum absolute atomic E-state index is 0.102. The van der Waals surface area contributed by atoms with Gasteiger partial charge in [0, 0.05) is 18.3 Å². The molecule has 24 heavy (non-hydrogen) atoms. The van der Waals surface area contributed by atoms with Crippen molar-refractivity contribution in [3.05, 3.63) is 53.1 Å². The fourth-order valence-corrected chi connectivity index (χ4v) is 2.72. The number of amides is 2. The molecule has 1 unspecified atom stereocenters. The number of fused-ring (bicyclic) bond motifs is 1. The van der Waals surface area contributed by atoms with Gasteiger partial charge in [-0.15, -0.1) is 0 Å². The van der Waals surface area contributed by atoms with Crippen LogP contribution in [0.5, 0.6) is 5.75 Å². The number of ether oxygens (including phenoxy) is 1. The molecule has 0 aliphatic carbocycles. The lowest BCUT2D eigenvalue weighted by atomic mass is 10.1. The van der Waals surface area contributed by atoms with Gasteiger partial charge in [0.2, 0.25) is 0 Å². The number of likely N-dealkylation sites (N-methyl/N-ethyl adjacent to an activating group) is 1. The summed E-state index contributed by atoms with van der Waals surface area (Å²) in [5.74, 6) is 0.232. The van der Waals surface area contributed by atoms with E-state index in [1.165, 1.54) is 0 Å². The normalized spacial score (nSPS) is 16.4.